The highest BCUT2D eigenvalue weighted by Gasteiger charge is 2.09. The fourth-order valence-corrected chi connectivity index (χ4v) is 2.41. The Morgan fingerprint density at radius 1 is 1.24 bits per heavy atom. The first-order valence-corrected chi connectivity index (χ1v) is 7.83. The third kappa shape index (κ3) is 4.63. The molecule has 112 valence electrons. The molecule has 0 fully saturated rings. The first kappa shape index (κ1) is 15.6. The molecular formula is C16H19BrN2O2. The number of benzene rings is 1. The summed E-state index contributed by atoms with van der Waals surface area (Å²) in [5, 5.41) is 2.86. The maximum absolute atomic E-state index is 11.8. The molecule has 0 spiro atoms. The predicted octanol–water partition coefficient (Wildman–Crippen LogP) is 3.69. The van der Waals surface area contributed by atoms with Crippen molar-refractivity contribution in [3.8, 4) is 0 Å². The second-order valence-electron chi connectivity index (χ2n) is 4.63. The van der Waals surface area contributed by atoms with Crippen LogP contribution >= 0.6 is 15.9 Å². The molecule has 5 heteroatoms. The van der Waals surface area contributed by atoms with E-state index in [-0.39, 0.29) is 5.91 Å². The first-order valence-electron chi connectivity index (χ1n) is 7.04. The third-order valence-electron chi connectivity index (χ3n) is 3.19. The highest BCUT2D eigenvalue weighted by atomic mass is 79.9. The normalized spacial score (nSPS) is 10.4. The van der Waals surface area contributed by atoms with Crippen LogP contribution in [-0.4, -0.2) is 25.5 Å². The van der Waals surface area contributed by atoms with Crippen LogP contribution in [0.5, 0.6) is 0 Å². The molecule has 0 saturated carbocycles. The zero-order valence-electron chi connectivity index (χ0n) is 12.0. The van der Waals surface area contributed by atoms with Crippen molar-refractivity contribution < 1.29 is 9.21 Å². The van der Waals surface area contributed by atoms with Gasteiger partial charge in [0.15, 0.2) is 10.4 Å². The van der Waals surface area contributed by atoms with E-state index < -0.39 is 0 Å². The van der Waals surface area contributed by atoms with E-state index in [2.05, 4.69) is 45.2 Å². The predicted molar refractivity (Wildman–Crippen MR) is 87.7 cm³/mol. The number of carbonyl (C=O) groups excluding carboxylic acids is 1. The number of rotatable bonds is 7. The van der Waals surface area contributed by atoms with Crippen molar-refractivity contribution in [2.45, 2.75) is 13.3 Å². The molecule has 1 N–H and O–H groups in total. The Morgan fingerprint density at radius 2 is 2.00 bits per heavy atom. The van der Waals surface area contributed by atoms with Gasteiger partial charge in [0.25, 0.3) is 5.91 Å². The summed E-state index contributed by atoms with van der Waals surface area (Å²) in [5.41, 5.74) is 1.21. The highest BCUT2D eigenvalue weighted by molar-refractivity contribution is 9.10. The summed E-state index contributed by atoms with van der Waals surface area (Å²) in [6.45, 7) is 4.61. The van der Waals surface area contributed by atoms with E-state index in [1.807, 2.05) is 18.2 Å². The minimum absolute atomic E-state index is 0.177. The molecule has 0 atom stereocenters. The van der Waals surface area contributed by atoms with E-state index >= 15 is 0 Å². The van der Waals surface area contributed by atoms with Crippen molar-refractivity contribution in [2.24, 2.45) is 0 Å². The van der Waals surface area contributed by atoms with Crippen LogP contribution in [0.15, 0.2) is 51.6 Å². The van der Waals surface area contributed by atoms with E-state index in [4.69, 9.17) is 4.42 Å². The Labute approximate surface area is 133 Å². The second-order valence-corrected chi connectivity index (χ2v) is 5.41. The molecule has 2 aromatic rings. The SMILES string of the molecule is CCN(CCCNC(=O)c1ccc(Br)o1)c1ccccc1. The summed E-state index contributed by atoms with van der Waals surface area (Å²) < 4.78 is 5.77. The van der Waals surface area contributed by atoms with Crippen LogP contribution in [0.3, 0.4) is 0 Å². The Hall–Kier alpha value is -1.75. The molecule has 21 heavy (non-hydrogen) atoms. The summed E-state index contributed by atoms with van der Waals surface area (Å²) in [7, 11) is 0. The maximum Gasteiger partial charge on any atom is 0.287 e. The number of hydrogen-bond acceptors (Lipinski definition) is 3. The van der Waals surface area contributed by atoms with Crippen molar-refractivity contribution in [2.75, 3.05) is 24.5 Å². The molecule has 0 aliphatic heterocycles. The van der Waals surface area contributed by atoms with Gasteiger partial charge in [-0.05, 0) is 53.5 Å². The Bertz CT molecular complexity index is 569. The third-order valence-corrected chi connectivity index (χ3v) is 3.62. The lowest BCUT2D eigenvalue weighted by Gasteiger charge is -2.23. The lowest BCUT2D eigenvalue weighted by molar-refractivity contribution is 0.0924. The zero-order chi connectivity index (χ0) is 15.1. The molecule has 0 saturated heterocycles. The van der Waals surface area contributed by atoms with Crippen molar-refractivity contribution in [1.82, 2.24) is 5.32 Å². The van der Waals surface area contributed by atoms with Crippen LogP contribution in [0, 0.1) is 0 Å². The average molecular weight is 351 g/mol. The molecule has 1 aromatic heterocycles. The van der Waals surface area contributed by atoms with Gasteiger partial charge in [0, 0.05) is 25.3 Å². The topological polar surface area (TPSA) is 45.5 Å². The van der Waals surface area contributed by atoms with Crippen molar-refractivity contribution in [3.05, 3.63) is 52.9 Å². The van der Waals surface area contributed by atoms with E-state index in [1.165, 1.54) is 5.69 Å². The Morgan fingerprint density at radius 3 is 2.62 bits per heavy atom. The second kappa shape index (κ2) is 7.88. The van der Waals surface area contributed by atoms with Crippen molar-refractivity contribution in [1.29, 1.82) is 0 Å². The number of anilines is 1. The molecule has 4 nitrogen and oxygen atoms in total. The summed E-state index contributed by atoms with van der Waals surface area (Å²) in [5.74, 6) is 0.153. The van der Waals surface area contributed by atoms with E-state index in [0.29, 0.717) is 17.0 Å². The molecule has 0 unspecified atom stereocenters. The molecule has 1 aromatic carbocycles. The van der Waals surface area contributed by atoms with Gasteiger partial charge in [0.05, 0.1) is 0 Å². The largest absolute Gasteiger partial charge is 0.444 e. The Kier molecular flexibility index (Phi) is 5.87. The van der Waals surface area contributed by atoms with Crippen LogP contribution < -0.4 is 10.2 Å². The standard InChI is InChI=1S/C16H19BrN2O2/c1-2-19(13-7-4-3-5-8-13)12-6-11-18-16(20)14-9-10-15(17)21-14/h3-5,7-10H,2,6,11-12H2,1H3,(H,18,20). The minimum atomic E-state index is -0.177. The number of amides is 1. The van der Waals surface area contributed by atoms with Gasteiger partial charge in [0.1, 0.15) is 0 Å². The zero-order valence-corrected chi connectivity index (χ0v) is 13.6. The van der Waals surface area contributed by atoms with E-state index in [9.17, 15) is 4.79 Å². The van der Waals surface area contributed by atoms with Crippen molar-refractivity contribution >= 4 is 27.5 Å². The van der Waals surface area contributed by atoms with Crippen LogP contribution in [0.4, 0.5) is 5.69 Å². The van der Waals surface area contributed by atoms with Gasteiger partial charge in [-0.1, -0.05) is 18.2 Å². The van der Waals surface area contributed by atoms with Gasteiger partial charge in [-0.2, -0.15) is 0 Å². The molecule has 1 amide bonds. The minimum Gasteiger partial charge on any atom is -0.444 e. The maximum atomic E-state index is 11.8. The monoisotopic (exact) mass is 350 g/mol. The number of carbonyl (C=O) groups is 1. The highest BCUT2D eigenvalue weighted by Crippen LogP contribution is 2.14. The van der Waals surface area contributed by atoms with Gasteiger partial charge in [0.2, 0.25) is 0 Å². The fourth-order valence-electron chi connectivity index (χ4n) is 2.10. The molecule has 1 heterocycles. The average Bonchev–Trinajstić information content (AvgIpc) is 2.95. The quantitative estimate of drug-likeness (QED) is 0.774. The van der Waals surface area contributed by atoms with Gasteiger partial charge < -0.3 is 14.6 Å². The fraction of sp³-hybridized carbons (Fsp3) is 0.312. The van der Waals surface area contributed by atoms with Gasteiger partial charge in [-0.3, -0.25) is 4.79 Å². The van der Waals surface area contributed by atoms with E-state index in [1.54, 1.807) is 12.1 Å². The van der Waals surface area contributed by atoms with Crippen LogP contribution in [-0.2, 0) is 0 Å². The molecule has 0 bridgehead atoms. The lowest BCUT2D eigenvalue weighted by Crippen LogP contribution is -2.29. The van der Waals surface area contributed by atoms with Crippen molar-refractivity contribution in [3.63, 3.8) is 0 Å². The summed E-state index contributed by atoms with van der Waals surface area (Å²) >= 11 is 3.18. The molecular weight excluding hydrogens is 332 g/mol. The van der Waals surface area contributed by atoms with Gasteiger partial charge in [-0.25, -0.2) is 0 Å². The number of hydrogen-bond donors (Lipinski definition) is 1. The van der Waals surface area contributed by atoms with E-state index in [0.717, 1.165) is 19.5 Å². The number of nitrogens with zero attached hydrogens (tertiary/aromatic N) is 1. The van der Waals surface area contributed by atoms with Gasteiger partial charge in [-0.15, -0.1) is 0 Å². The number of nitrogens with one attached hydrogen (secondary N) is 1. The molecule has 0 aliphatic carbocycles. The van der Waals surface area contributed by atoms with Crippen LogP contribution in [0.1, 0.15) is 23.9 Å². The van der Waals surface area contributed by atoms with Gasteiger partial charge >= 0.3 is 0 Å². The molecule has 0 aliphatic rings. The molecule has 0 radical (unpaired) electrons. The first-order chi connectivity index (χ1) is 10.2. The van der Waals surface area contributed by atoms with Crippen LogP contribution in [0.25, 0.3) is 0 Å². The molecule has 2 rings (SSSR count). The summed E-state index contributed by atoms with van der Waals surface area (Å²) in [6.07, 6.45) is 0.885. The van der Waals surface area contributed by atoms with Crippen LogP contribution in [0.2, 0.25) is 0 Å². The summed E-state index contributed by atoms with van der Waals surface area (Å²) in [4.78, 5) is 14.1. The number of furan rings is 1. The smallest absolute Gasteiger partial charge is 0.287 e. The number of halogens is 1. The number of para-hydroxylation sites is 1. The summed E-state index contributed by atoms with van der Waals surface area (Å²) in [6, 6.07) is 13.7. The Balaban J connectivity index is 1.75. The lowest BCUT2D eigenvalue weighted by atomic mass is 10.2.